The number of nitrogens with one attached hydrogen (secondary N) is 4. The highest BCUT2D eigenvalue weighted by atomic mass is 16.3. The number of hydrogen-bond donors (Lipinski definition) is 4. The van der Waals surface area contributed by atoms with Crippen molar-refractivity contribution in [3.05, 3.63) is 144 Å². The SMILES string of the molecule is O=C(/C=C/c1ccccc1)N/C(=C\c1ccco1)C(=O)NCCCCCCNC(=O)/C(=C/c1ccco1)NC(=O)/C=C/c1ccccc1. The first-order chi connectivity index (χ1) is 23.5. The van der Waals surface area contributed by atoms with Crippen molar-refractivity contribution in [2.75, 3.05) is 13.1 Å². The lowest BCUT2D eigenvalue weighted by Crippen LogP contribution is -2.35. The van der Waals surface area contributed by atoms with Crippen molar-refractivity contribution in [2.24, 2.45) is 0 Å². The van der Waals surface area contributed by atoms with Crippen LogP contribution in [-0.2, 0) is 19.2 Å². The van der Waals surface area contributed by atoms with Gasteiger partial charge in [-0.05, 0) is 60.4 Å². The number of unbranched alkanes of at least 4 members (excludes halogenated alkanes) is 3. The molecule has 2 heterocycles. The minimum absolute atomic E-state index is 0.0661. The summed E-state index contributed by atoms with van der Waals surface area (Å²) in [5.74, 6) is -0.897. The predicted molar refractivity (Wildman–Crippen MR) is 185 cm³/mol. The van der Waals surface area contributed by atoms with Crippen LogP contribution in [-0.4, -0.2) is 36.7 Å². The monoisotopic (exact) mass is 646 g/mol. The fraction of sp³-hybridized carbons (Fsp3) is 0.158. The van der Waals surface area contributed by atoms with Gasteiger partial charge >= 0.3 is 0 Å². The summed E-state index contributed by atoms with van der Waals surface area (Å²) in [4.78, 5) is 50.9. The van der Waals surface area contributed by atoms with Gasteiger partial charge in [0.15, 0.2) is 0 Å². The second-order valence-corrected chi connectivity index (χ2v) is 10.5. The Bertz CT molecular complexity index is 1590. The Balaban J connectivity index is 1.18. The van der Waals surface area contributed by atoms with Crippen molar-refractivity contribution >= 4 is 47.9 Å². The van der Waals surface area contributed by atoms with Crippen LogP contribution in [0.5, 0.6) is 0 Å². The maximum absolute atomic E-state index is 12.9. The van der Waals surface area contributed by atoms with Crippen molar-refractivity contribution < 1.29 is 28.0 Å². The number of hydrogen-bond acceptors (Lipinski definition) is 6. The van der Waals surface area contributed by atoms with Crippen LogP contribution < -0.4 is 21.3 Å². The van der Waals surface area contributed by atoms with Gasteiger partial charge in [0, 0.05) is 37.4 Å². The van der Waals surface area contributed by atoms with Crippen LogP contribution in [0.3, 0.4) is 0 Å². The molecule has 2 aromatic carbocycles. The van der Waals surface area contributed by atoms with Gasteiger partial charge in [0.05, 0.1) is 12.5 Å². The zero-order valence-corrected chi connectivity index (χ0v) is 26.4. The van der Waals surface area contributed by atoms with E-state index >= 15 is 0 Å². The summed E-state index contributed by atoms with van der Waals surface area (Å²) in [6.07, 6.45) is 15.0. The molecule has 0 saturated heterocycles. The van der Waals surface area contributed by atoms with Crippen molar-refractivity contribution in [1.29, 1.82) is 0 Å². The first-order valence-electron chi connectivity index (χ1n) is 15.6. The Morgan fingerprint density at radius 3 is 1.31 bits per heavy atom. The van der Waals surface area contributed by atoms with E-state index in [-0.39, 0.29) is 11.4 Å². The van der Waals surface area contributed by atoms with Crippen molar-refractivity contribution in [2.45, 2.75) is 25.7 Å². The van der Waals surface area contributed by atoms with Crippen molar-refractivity contribution in [3.63, 3.8) is 0 Å². The lowest BCUT2D eigenvalue weighted by Gasteiger charge is -2.10. The fourth-order valence-electron chi connectivity index (χ4n) is 4.37. The van der Waals surface area contributed by atoms with E-state index in [1.807, 2.05) is 60.7 Å². The Morgan fingerprint density at radius 1 is 0.521 bits per heavy atom. The molecular formula is C38H38N4O6. The van der Waals surface area contributed by atoms with Gasteiger partial charge in [-0.15, -0.1) is 0 Å². The molecule has 4 rings (SSSR count). The average molecular weight is 647 g/mol. The molecular weight excluding hydrogens is 608 g/mol. The quantitative estimate of drug-likeness (QED) is 0.0856. The highest BCUT2D eigenvalue weighted by molar-refractivity contribution is 6.05. The molecule has 246 valence electrons. The first kappa shape index (κ1) is 34.7. The summed E-state index contributed by atoms with van der Waals surface area (Å²) >= 11 is 0. The molecule has 0 radical (unpaired) electrons. The zero-order valence-electron chi connectivity index (χ0n) is 26.4. The minimum atomic E-state index is -0.445. The summed E-state index contributed by atoms with van der Waals surface area (Å²) < 4.78 is 10.6. The van der Waals surface area contributed by atoms with Crippen LogP contribution in [0.15, 0.2) is 130 Å². The normalized spacial score (nSPS) is 11.8. The molecule has 48 heavy (non-hydrogen) atoms. The van der Waals surface area contributed by atoms with Gasteiger partial charge in [-0.1, -0.05) is 73.5 Å². The Labute approximate surface area is 279 Å². The van der Waals surface area contributed by atoms with Crippen LogP contribution in [0.2, 0.25) is 0 Å². The molecule has 4 amide bonds. The second kappa shape index (κ2) is 19.4. The standard InChI is InChI=1S/C38H38N4O6/c43-35(21-19-29-13-5-3-6-14-29)41-33(27-31-17-11-25-47-31)37(45)39-23-9-1-2-10-24-40-38(46)34(28-32-18-12-26-48-32)42-36(44)22-20-30-15-7-4-8-16-30/h3-8,11-22,25-28H,1-2,9-10,23-24H2,(H,39,45)(H,40,46)(H,41,43)(H,42,44)/b21-19+,22-20+,33-27-,34-28-. The predicted octanol–water partition coefficient (Wildman–Crippen LogP) is 5.71. The van der Waals surface area contributed by atoms with E-state index in [2.05, 4.69) is 21.3 Å². The molecule has 2 aromatic heterocycles. The lowest BCUT2D eigenvalue weighted by atomic mass is 10.2. The van der Waals surface area contributed by atoms with Crippen LogP contribution in [0.1, 0.15) is 48.3 Å². The summed E-state index contributed by atoms with van der Waals surface area (Å²) in [5, 5.41) is 11.0. The Hall–Kier alpha value is -6.16. The van der Waals surface area contributed by atoms with Gasteiger partial charge in [-0.2, -0.15) is 0 Å². The van der Waals surface area contributed by atoms with E-state index in [9.17, 15) is 19.2 Å². The lowest BCUT2D eigenvalue weighted by molar-refractivity contribution is -0.121. The topological polar surface area (TPSA) is 143 Å². The van der Waals surface area contributed by atoms with Crippen LogP contribution >= 0.6 is 0 Å². The maximum atomic E-state index is 12.9. The summed E-state index contributed by atoms with van der Waals surface area (Å²) in [6.45, 7) is 0.796. The largest absolute Gasteiger partial charge is 0.465 e. The Morgan fingerprint density at radius 2 is 0.938 bits per heavy atom. The van der Waals surface area contributed by atoms with Gasteiger partial charge in [0.25, 0.3) is 11.8 Å². The highest BCUT2D eigenvalue weighted by Gasteiger charge is 2.14. The molecule has 10 heteroatoms. The van der Waals surface area contributed by atoms with Gasteiger partial charge in [0.1, 0.15) is 22.9 Å². The number of rotatable bonds is 17. The number of benzene rings is 2. The van der Waals surface area contributed by atoms with Gasteiger partial charge < -0.3 is 30.1 Å². The molecule has 0 bridgehead atoms. The molecule has 4 aromatic rings. The maximum Gasteiger partial charge on any atom is 0.267 e. The van der Waals surface area contributed by atoms with Crippen molar-refractivity contribution in [3.8, 4) is 0 Å². The molecule has 0 fully saturated rings. The van der Waals surface area contributed by atoms with E-state index in [1.54, 1.807) is 36.4 Å². The summed E-state index contributed by atoms with van der Waals surface area (Å²) in [5.41, 5.74) is 1.85. The third-order valence-corrected chi connectivity index (χ3v) is 6.79. The number of amides is 4. The molecule has 0 saturated carbocycles. The van der Waals surface area contributed by atoms with Crippen LogP contribution in [0.25, 0.3) is 24.3 Å². The van der Waals surface area contributed by atoms with E-state index in [0.29, 0.717) is 37.5 Å². The Kier molecular flexibility index (Phi) is 14.0. The minimum Gasteiger partial charge on any atom is -0.465 e. The fourth-order valence-corrected chi connectivity index (χ4v) is 4.37. The highest BCUT2D eigenvalue weighted by Crippen LogP contribution is 2.09. The first-order valence-corrected chi connectivity index (χ1v) is 15.6. The molecule has 0 atom stereocenters. The zero-order chi connectivity index (χ0) is 33.8. The van der Waals surface area contributed by atoms with E-state index < -0.39 is 23.6 Å². The van der Waals surface area contributed by atoms with Crippen LogP contribution in [0.4, 0.5) is 0 Å². The molecule has 4 N–H and O–H groups in total. The van der Waals surface area contributed by atoms with Gasteiger partial charge in [-0.3, -0.25) is 19.2 Å². The van der Waals surface area contributed by atoms with Gasteiger partial charge in [0.2, 0.25) is 11.8 Å². The average Bonchev–Trinajstić information content (AvgIpc) is 3.83. The molecule has 0 unspecified atom stereocenters. The summed E-state index contributed by atoms with van der Waals surface area (Å²) in [7, 11) is 0. The number of carbonyl (C=O) groups excluding carboxylic acids is 4. The third-order valence-electron chi connectivity index (χ3n) is 6.79. The van der Waals surface area contributed by atoms with Crippen LogP contribution in [0, 0.1) is 0 Å². The summed E-state index contributed by atoms with van der Waals surface area (Å²) in [6, 6.07) is 25.5. The third kappa shape index (κ3) is 12.7. The van der Waals surface area contributed by atoms with E-state index in [4.69, 9.17) is 8.83 Å². The number of furan rings is 2. The molecule has 10 nitrogen and oxygen atoms in total. The van der Waals surface area contributed by atoms with E-state index in [0.717, 1.165) is 24.0 Å². The molecule has 0 spiro atoms. The molecule has 0 aliphatic carbocycles. The smallest absolute Gasteiger partial charge is 0.267 e. The van der Waals surface area contributed by atoms with Gasteiger partial charge in [-0.25, -0.2) is 0 Å². The number of carbonyl (C=O) groups is 4. The molecule has 0 aliphatic heterocycles. The van der Waals surface area contributed by atoms with Crippen molar-refractivity contribution in [1.82, 2.24) is 21.3 Å². The molecule has 0 aliphatic rings. The van der Waals surface area contributed by atoms with E-state index in [1.165, 1.54) is 36.8 Å². The second-order valence-electron chi connectivity index (χ2n) is 10.5.